The topological polar surface area (TPSA) is 57.0 Å². The van der Waals surface area contributed by atoms with Crippen LogP contribution in [0.25, 0.3) is 10.2 Å². The van der Waals surface area contributed by atoms with E-state index in [9.17, 15) is 4.79 Å². The largest absolute Gasteiger partial charge is 0.310 e. The number of hydrogen-bond acceptors (Lipinski definition) is 5. The Balaban J connectivity index is 1.77. The summed E-state index contributed by atoms with van der Waals surface area (Å²) in [5, 5.41) is 8.62. The van der Waals surface area contributed by atoms with E-state index in [4.69, 9.17) is 5.26 Å². The van der Waals surface area contributed by atoms with Crippen molar-refractivity contribution in [3.63, 3.8) is 0 Å². The van der Waals surface area contributed by atoms with Crippen LogP contribution in [0.4, 0.5) is 5.69 Å². The summed E-state index contributed by atoms with van der Waals surface area (Å²) in [6.07, 6.45) is 0.305. The van der Waals surface area contributed by atoms with Gasteiger partial charge in [0.05, 0.1) is 28.0 Å². The van der Waals surface area contributed by atoms with E-state index in [-0.39, 0.29) is 11.2 Å². The summed E-state index contributed by atoms with van der Waals surface area (Å²) in [6.45, 7) is 2.28. The molecule has 0 aliphatic carbocycles. The van der Waals surface area contributed by atoms with E-state index in [1.165, 1.54) is 11.8 Å². The Morgan fingerprint density at radius 3 is 2.68 bits per heavy atom. The van der Waals surface area contributed by atoms with Crippen LogP contribution in [0, 0.1) is 11.3 Å². The molecule has 3 rings (SSSR count). The lowest BCUT2D eigenvalue weighted by molar-refractivity contribution is -0.117. The third-order valence-corrected chi connectivity index (χ3v) is 5.90. The number of carbonyl (C=O) groups excluding carboxylic acids is 1. The highest BCUT2D eigenvalue weighted by Gasteiger charge is 2.23. The van der Waals surface area contributed by atoms with Crippen molar-refractivity contribution in [1.29, 1.82) is 5.26 Å². The maximum Gasteiger partial charge on any atom is 0.240 e. The number of thiazole rings is 1. The molecular weight excluding hydrogens is 350 g/mol. The van der Waals surface area contributed by atoms with Gasteiger partial charge in [0, 0.05) is 12.2 Å². The Hall–Kier alpha value is -2.36. The van der Waals surface area contributed by atoms with Crippen molar-refractivity contribution in [3.8, 4) is 6.07 Å². The Kier molecular flexibility index (Phi) is 5.69. The van der Waals surface area contributed by atoms with Gasteiger partial charge in [-0.3, -0.25) is 4.79 Å². The molecular formula is C19H17N3OS2. The smallest absolute Gasteiger partial charge is 0.240 e. The van der Waals surface area contributed by atoms with E-state index in [1.807, 2.05) is 61.5 Å². The zero-order chi connectivity index (χ0) is 17.6. The summed E-state index contributed by atoms with van der Waals surface area (Å²) in [7, 11) is 0. The number of aromatic nitrogens is 1. The van der Waals surface area contributed by atoms with Crippen LogP contribution in [0.3, 0.4) is 0 Å². The number of hydrogen-bond donors (Lipinski definition) is 0. The van der Waals surface area contributed by atoms with E-state index in [1.54, 1.807) is 16.2 Å². The third kappa shape index (κ3) is 4.19. The average Bonchev–Trinajstić information content (AvgIpc) is 3.05. The fourth-order valence-electron chi connectivity index (χ4n) is 2.46. The predicted molar refractivity (Wildman–Crippen MR) is 104 cm³/mol. The van der Waals surface area contributed by atoms with Crippen LogP contribution in [0.2, 0.25) is 0 Å². The van der Waals surface area contributed by atoms with Gasteiger partial charge in [0.25, 0.3) is 0 Å². The maximum atomic E-state index is 12.9. The highest BCUT2D eigenvalue weighted by atomic mass is 32.2. The monoisotopic (exact) mass is 367 g/mol. The van der Waals surface area contributed by atoms with Crippen LogP contribution < -0.4 is 4.90 Å². The van der Waals surface area contributed by atoms with Gasteiger partial charge in [-0.1, -0.05) is 42.1 Å². The van der Waals surface area contributed by atoms with Crippen LogP contribution in [0.1, 0.15) is 13.3 Å². The van der Waals surface area contributed by atoms with Crippen molar-refractivity contribution >= 4 is 44.9 Å². The molecule has 0 bridgehead atoms. The number of benzene rings is 2. The van der Waals surface area contributed by atoms with Gasteiger partial charge in [-0.25, -0.2) is 4.98 Å². The van der Waals surface area contributed by atoms with Crippen LogP contribution >= 0.6 is 23.1 Å². The van der Waals surface area contributed by atoms with E-state index in [0.29, 0.717) is 13.0 Å². The minimum atomic E-state index is -0.278. The molecule has 0 saturated carbocycles. The van der Waals surface area contributed by atoms with Gasteiger partial charge >= 0.3 is 0 Å². The van der Waals surface area contributed by atoms with Gasteiger partial charge in [-0.2, -0.15) is 5.26 Å². The number of rotatable bonds is 6. The highest BCUT2D eigenvalue weighted by Crippen LogP contribution is 2.33. The molecule has 0 N–H and O–H groups in total. The second-order valence-corrected chi connectivity index (χ2v) is 8.06. The number of fused-ring (bicyclic) bond motifs is 1. The Bertz CT molecular complexity index is 869. The predicted octanol–water partition coefficient (Wildman–Crippen LogP) is 4.72. The lowest BCUT2D eigenvalue weighted by Crippen LogP contribution is -2.37. The van der Waals surface area contributed by atoms with E-state index in [2.05, 4.69) is 11.1 Å². The molecule has 2 aromatic carbocycles. The fraction of sp³-hybridized carbons (Fsp3) is 0.211. The Morgan fingerprint density at radius 2 is 1.96 bits per heavy atom. The third-order valence-electron chi connectivity index (χ3n) is 3.68. The fourth-order valence-corrected chi connectivity index (χ4v) is 4.73. The van der Waals surface area contributed by atoms with Gasteiger partial charge < -0.3 is 4.90 Å². The first-order chi connectivity index (χ1) is 12.2. The molecule has 0 aliphatic heterocycles. The molecule has 0 fully saturated rings. The van der Waals surface area contributed by atoms with Crippen molar-refractivity contribution in [2.45, 2.75) is 22.9 Å². The summed E-state index contributed by atoms with van der Waals surface area (Å²) < 4.78 is 2.00. The van der Waals surface area contributed by atoms with E-state index >= 15 is 0 Å². The number of thioether (sulfide) groups is 1. The Labute approximate surface area is 155 Å². The molecule has 3 aromatic rings. The molecule has 25 heavy (non-hydrogen) atoms. The molecule has 0 aliphatic rings. The number of nitriles is 1. The minimum Gasteiger partial charge on any atom is -0.310 e. The van der Waals surface area contributed by atoms with Crippen LogP contribution in [-0.2, 0) is 4.79 Å². The second-order valence-electron chi connectivity index (χ2n) is 5.44. The molecule has 1 aromatic heterocycles. The number of anilines is 1. The number of carbonyl (C=O) groups is 1. The summed E-state index contributed by atoms with van der Waals surface area (Å²) in [4.78, 5) is 19.2. The van der Waals surface area contributed by atoms with Gasteiger partial charge in [0.1, 0.15) is 0 Å². The Morgan fingerprint density at radius 1 is 1.24 bits per heavy atom. The molecule has 1 amide bonds. The summed E-state index contributed by atoms with van der Waals surface area (Å²) >= 11 is 3.06. The van der Waals surface area contributed by atoms with Crippen LogP contribution in [0.5, 0.6) is 0 Å². The molecule has 6 heteroatoms. The van der Waals surface area contributed by atoms with Crippen molar-refractivity contribution < 1.29 is 4.79 Å². The first-order valence-corrected chi connectivity index (χ1v) is 9.64. The van der Waals surface area contributed by atoms with Gasteiger partial charge in [0.2, 0.25) is 5.91 Å². The minimum absolute atomic E-state index is 0.00861. The molecule has 1 atom stereocenters. The zero-order valence-corrected chi connectivity index (χ0v) is 15.4. The molecule has 1 heterocycles. The van der Waals surface area contributed by atoms with Gasteiger partial charge in [-0.15, -0.1) is 11.3 Å². The van der Waals surface area contributed by atoms with Gasteiger partial charge in [0.15, 0.2) is 4.34 Å². The second kappa shape index (κ2) is 8.15. The van der Waals surface area contributed by atoms with Crippen molar-refractivity contribution in [3.05, 3.63) is 54.6 Å². The van der Waals surface area contributed by atoms with Crippen molar-refractivity contribution in [2.75, 3.05) is 11.4 Å². The summed E-state index contributed by atoms with van der Waals surface area (Å²) in [5.41, 5.74) is 1.78. The zero-order valence-electron chi connectivity index (χ0n) is 13.8. The lowest BCUT2D eigenvalue weighted by Gasteiger charge is -2.24. The normalized spacial score (nSPS) is 11.8. The van der Waals surface area contributed by atoms with Crippen LogP contribution in [0.15, 0.2) is 58.9 Å². The quantitative estimate of drug-likeness (QED) is 0.591. The first kappa shape index (κ1) is 17.5. The molecule has 126 valence electrons. The van der Waals surface area contributed by atoms with E-state index < -0.39 is 0 Å². The summed E-state index contributed by atoms with van der Waals surface area (Å²) in [5.74, 6) is -0.00861. The molecule has 0 radical (unpaired) electrons. The van der Waals surface area contributed by atoms with Gasteiger partial charge in [-0.05, 0) is 31.2 Å². The van der Waals surface area contributed by atoms with Crippen molar-refractivity contribution in [1.82, 2.24) is 4.98 Å². The SMILES string of the molecule is C[C@@H](Sc1nc2ccccc2s1)C(=O)N(CCC#N)c1ccccc1. The standard InChI is InChI=1S/C19H17N3OS2/c1-14(24-19-21-16-10-5-6-11-17(16)25-19)18(23)22(13-7-12-20)15-8-3-2-4-9-15/h2-6,8-11,14H,7,13H2,1H3/t14-/m1/s1. The lowest BCUT2D eigenvalue weighted by atomic mass is 10.2. The number of nitrogens with zero attached hydrogens (tertiary/aromatic N) is 3. The number of para-hydroxylation sites is 2. The van der Waals surface area contributed by atoms with E-state index in [0.717, 1.165) is 20.2 Å². The maximum absolute atomic E-state index is 12.9. The molecule has 0 saturated heterocycles. The molecule has 0 unspecified atom stereocenters. The number of amides is 1. The molecule has 4 nitrogen and oxygen atoms in total. The average molecular weight is 367 g/mol. The van der Waals surface area contributed by atoms with Crippen LogP contribution in [-0.4, -0.2) is 22.7 Å². The molecule has 0 spiro atoms. The van der Waals surface area contributed by atoms with Crippen molar-refractivity contribution in [2.24, 2.45) is 0 Å². The highest BCUT2D eigenvalue weighted by molar-refractivity contribution is 8.02. The summed E-state index contributed by atoms with van der Waals surface area (Å²) in [6, 6.07) is 19.6. The first-order valence-electron chi connectivity index (χ1n) is 7.94.